The van der Waals surface area contributed by atoms with Crippen molar-refractivity contribution in [1.29, 1.82) is 0 Å². The molecule has 20 heavy (non-hydrogen) atoms. The summed E-state index contributed by atoms with van der Waals surface area (Å²) in [6, 6.07) is 0. The van der Waals surface area contributed by atoms with Crippen molar-refractivity contribution in [3.05, 3.63) is 12.3 Å². The van der Waals surface area contributed by atoms with Crippen molar-refractivity contribution in [2.24, 2.45) is 23.7 Å². The van der Waals surface area contributed by atoms with E-state index in [1.54, 1.807) is 6.92 Å². The van der Waals surface area contributed by atoms with Gasteiger partial charge in [-0.05, 0) is 25.7 Å². The zero-order chi connectivity index (χ0) is 14.9. The first-order valence-electron chi connectivity index (χ1n) is 7.04. The van der Waals surface area contributed by atoms with E-state index in [4.69, 9.17) is 9.47 Å². The molecule has 2 saturated heterocycles. The maximum atomic E-state index is 11.8. The van der Waals surface area contributed by atoms with E-state index >= 15 is 0 Å². The molecule has 0 radical (unpaired) electrons. The lowest BCUT2D eigenvalue weighted by Gasteiger charge is -2.29. The van der Waals surface area contributed by atoms with Crippen LogP contribution in [0.1, 0.15) is 39.5 Å². The third-order valence-electron chi connectivity index (χ3n) is 4.19. The van der Waals surface area contributed by atoms with Crippen molar-refractivity contribution in [1.82, 2.24) is 0 Å². The molecule has 5 nitrogen and oxygen atoms in total. The van der Waals surface area contributed by atoms with Gasteiger partial charge in [-0.25, -0.2) is 0 Å². The molecule has 2 unspecified atom stereocenters. The van der Waals surface area contributed by atoms with Gasteiger partial charge in [0.1, 0.15) is 5.76 Å². The molecule has 0 aromatic rings. The normalized spacial score (nSPS) is 34.7. The fourth-order valence-corrected chi connectivity index (χ4v) is 2.74. The van der Waals surface area contributed by atoms with Crippen LogP contribution in [-0.4, -0.2) is 17.9 Å². The molecule has 0 spiro atoms. The predicted octanol–water partition coefficient (Wildman–Crippen LogP) is 2.21. The van der Waals surface area contributed by atoms with Gasteiger partial charge in [0, 0.05) is 5.92 Å². The number of hydrogen-bond donors (Lipinski definition) is 0. The van der Waals surface area contributed by atoms with Crippen LogP contribution in [0.3, 0.4) is 0 Å². The van der Waals surface area contributed by atoms with Gasteiger partial charge in [0.2, 0.25) is 0 Å². The Kier molecular flexibility index (Phi) is 4.26. The van der Waals surface area contributed by atoms with Gasteiger partial charge < -0.3 is 9.47 Å². The monoisotopic (exact) mass is 280 g/mol. The average Bonchev–Trinajstić information content (AvgIpc) is 2.37. The molecule has 0 bridgehead atoms. The molecule has 2 aliphatic heterocycles. The van der Waals surface area contributed by atoms with Crippen molar-refractivity contribution in [2.45, 2.75) is 39.5 Å². The number of hydrogen-bond acceptors (Lipinski definition) is 5. The quantitative estimate of drug-likeness (QED) is 0.585. The summed E-state index contributed by atoms with van der Waals surface area (Å²) < 4.78 is 9.82. The second kappa shape index (κ2) is 5.77. The third-order valence-corrected chi connectivity index (χ3v) is 4.19. The minimum absolute atomic E-state index is 0.150. The predicted molar refractivity (Wildman–Crippen MR) is 70.1 cm³/mol. The average molecular weight is 280 g/mol. The number of carbonyl (C=O) groups is 3. The second-order valence-electron chi connectivity index (χ2n) is 5.87. The Morgan fingerprint density at radius 3 is 2.00 bits per heavy atom. The molecule has 0 aliphatic carbocycles. The molecule has 4 atom stereocenters. The van der Waals surface area contributed by atoms with Crippen LogP contribution in [0.4, 0.5) is 0 Å². The summed E-state index contributed by atoms with van der Waals surface area (Å²) >= 11 is 0. The Balaban J connectivity index is 1.88. The fraction of sp³-hybridized carbons (Fsp3) is 0.667. The lowest BCUT2D eigenvalue weighted by atomic mass is 9.83. The van der Waals surface area contributed by atoms with Crippen molar-refractivity contribution in [2.75, 3.05) is 0 Å². The van der Waals surface area contributed by atoms with Gasteiger partial charge in [-0.1, -0.05) is 20.4 Å². The van der Waals surface area contributed by atoms with E-state index < -0.39 is 11.9 Å². The number of cyclic esters (lactones) is 3. The van der Waals surface area contributed by atoms with Crippen molar-refractivity contribution >= 4 is 17.9 Å². The van der Waals surface area contributed by atoms with Crippen LogP contribution in [0.25, 0.3) is 0 Å². The van der Waals surface area contributed by atoms with Crippen LogP contribution < -0.4 is 0 Å². The highest BCUT2D eigenvalue weighted by atomic mass is 16.6. The number of rotatable bonds is 3. The van der Waals surface area contributed by atoms with E-state index in [0.717, 1.165) is 0 Å². The Hall–Kier alpha value is -1.65. The largest absolute Gasteiger partial charge is 0.431 e. The zero-order valence-electron chi connectivity index (χ0n) is 11.9. The van der Waals surface area contributed by atoms with Crippen LogP contribution in [0, 0.1) is 23.7 Å². The second-order valence-corrected chi connectivity index (χ2v) is 5.87. The van der Waals surface area contributed by atoms with E-state index in [-0.39, 0.29) is 29.6 Å². The smallest absolute Gasteiger partial charge is 0.316 e. The van der Waals surface area contributed by atoms with E-state index in [0.29, 0.717) is 31.4 Å². The van der Waals surface area contributed by atoms with Gasteiger partial charge in [0.05, 0.1) is 17.8 Å². The molecular formula is C15H20O5. The first kappa shape index (κ1) is 14.8. The molecule has 0 aromatic carbocycles. The Labute approximate surface area is 118 Å². The first-order valence-corrected chi connectivity index (χ1v) is 7.04. The standard InChI is InChI=1S/C15H20O5/c1-8-6-11(14(17)19-10(8)3)4-5-12-7-9(2)13(16)20-15(12)18/h8-9,11-12H,3-7H2,1-2H3/t8?,9?,11-,12+/m0/s1. The molecule has 2 rings (SSSR count). The number of allylic oxidation sites excluding steroid dienone is 1. The van der Waals surface area contributed by atoms with Gasteiger partial charge >= 0.3 is 17.9 Å². The highest BCUT2D eigenvalue weighted by Gasteiger charge is 2.36. The number of carbonyl (C=O) groups excluding carboxylic acids is 3. The lowest BCUT2D eigenvalue weighted by molar-refractivity contribution is -0.172. The molecule has 2 heterocycles. The maximum absolute atomic E-state index is 11.8. The molecule has 2 aliphatic rings. The summed E-state index contributed by atoms with van der Waals surface area (Å²) in [5.41, 5.74) is 0. The molecule has 0 amide bonds. The van der Waals surface area contributed by atoms with Crippen molar-refractivity contribution in [3.8, 4) is 0 Å². The molecule has 0 N–H and O–H groups in total. The minimum atomic E-state index is -0.463. The van der Waals surface area contributed by atoms with Gasteiger partial charge in [0.25, 0.3) is 0 Å². The van der Waals surface area contributed by atoms with E-state index in [2.05, 4.69) is 6.58 Å². The summed E-state index contributed by atoms with van der Waals surface area (Å²) in [5, 5.41) is 0. The summed E-state index contributed by atoms with van der Waals surface area (Å²) in [6.07, 6.45) is 2.34. The first-order chi connectivity index (χ1) is 9.38. The van der Waals surface area contributed by atoms with Gasteiger partial charge in [-0.2, -0.15) is 0 Å². The highest BCUT2D eigenvalue weighted by Crippen LogP contribution is 2.33. The van der Waals surface area contributed by atoms with Gasteiger partial charge in [-0.15, -0.1) is 0 Å². The molecule has 110 valence electrons. The fourth-order valence-electron chi connectivity index (χ4n) is 2.74. The van der Waals surface area contributed by atoms with Crippen LogP contribution in [-0.2, 0) is 23.9 Å². The number of ether oxygens (including phenoxy) is 2. The SMILES string of the molecule is C=C1OC(=O)[C@@H](CC[C@@H]2CC(C)C(=O)OC2=O)CC1C. The van der Waals surface area contributed by atoms with Crippen LogP contribution in [0.5, 0.6) is 0 Å². The molecule has 2 fully saturated rings. The van der Waals surface area contributed by atoms with Crippen molar-refractivity contribution in [3.63, 3.8) is 0 Å². The van der Waals surface area contributed by atoms with E-state index in [9.17, 15) is 14.4 Å². The molecule has 0 saturated carbocycles. The molecular weight excluding hydrogens is 260 g/mol. The Morgan fingerprint density at radius 1 is 0.900 bits per heavy atom. The molecule has 5 heteroatoms. The summed E-state index contributed by atoms with van der Waals surface area (Å²) in [6.45, 7) is 7.43. The number of esters is 3. The van der Waals surface area contributed by atoms with Gasteiger partial charge in [-0.3, -0.25) is 14.4 Å². The Bertz CT molecular complexity index is 411. The maximum Gasteiger partial charge on any atom is 0.316 e. The highest BCUT2D eigenvalue weighted by molar-refractivity contribution is 5.90. The van der Waals surface area contributed by atoms with Crippen LogP contribution in [0.15, 0.2) is 12.3 Å². The lowest BCUT2D eigenvalue weighted by Crippen LogP contribution is -2.34. The third kappa shape index (κ3) is 3.08. The van der Waals surface area contributed by atoms with Crippen LogP contribution >= 0.6 is 0 Å². The summed E-state index contributed by atoms with van der Waals surface area (Å²) in [5.74, 6) is -1.26. The minimum Gasteiger partial charge on any atom is -0.431 e. The van der Waals surface area contributed by atoms with Crippen molar-refractivity contribution < 1.29 is 23.9 Å². The Morgan fingerprint density at radius 2 is 1.40 bits per heavy atom. The van der Waals surface area contributed by atoms with Crippen LogP contribution in [0.2, 0.25) is 0 Å². The molecule has 0 aromatic heterocycles. The van der Waals surface area contributed by atoms with E-state index in [1.807, 2.05) is 6.92 Å². The zero-order valence-corrected chi connectivity index (χ0v) is 11.9. The van der Waals surface area contributed by atoms with Gasteiger partial charge in [0.15, 0.2) is 0 Å². The summed E-state index contributed by atoms with van der Waals surface area (Å²) in [7, 11) is 0. The van der Waals surface area contributed by atoms with E-state index in [1.165, 1.54) is 0 Å². The summed E-state index contributed by atoms with van der Waals surface area (Å²) in [4.78, 5) is 34.7. The topological polar surface area (TPSA) is 69.7 Å².